The highest BCUT2D eigenvalue weighted by atomic mass is 16.5. The molecule has 0 atom stereocenters. The van der Waals surface area contributed by atoms with Crippen molar-refractivity contribution in [2.45, 2.75) is 13.0 Å². The van der Waals surface area contributed by atoms with Crippen LogP contribution in [0.1, 0.15) is 21.6 Å². The summed E-state index contributed by atoms with van der Waals surface area (Å²) in [5, 5.41) is 2.91. The molecule has 0 radical (unpaired) electrons. The molecule has 1 amide bonds. The molecule has 1 aromatic heterocycles. The average Bonchev–Trinajstić information content (AvgIpc) is 2.74. The van der Waals surface area contributed by atoms with Crippen LogP contribution < -0.4 is 15.0 Å². The van der Waals surface area contributed by atoms with Crippen LogP contribution in [-0.2, 0) is 13.0 Å². The zero-order chi connectivity index (χ0) is 19.8. The predicted octanol–water partition coefficient (Wildman–Crippen LogP) is 3.09. The number of nitrogens with one attached hydrogen (secondary N) is 1. The van der Waals surface area contributed by atoms with Gasteiger partial charge in [0, 0.05) is 26.3 Å². The summed E-state index contributed by atoms with van der Waals surface area (Å²) in [6.07, 6.45) is 2.33. The molecular weight excluding hydrogens is 352 g/mol. The topological polar surface area (TPSA) is 67.3 Å². The number of benzene rings is 2. The number of methoxy groups -OCH3 is 1. The number of amides is 1. The van der Waals surface area contributed by atoms with Crippen molar-refractivity contribution in [3.63, 3.8) is 0 Å². The van der Waals surface area contributed by atoms with Gasteiger partial charge in [0.05, 0.1) is 7.11 Å². The summed E-state index contributed by atoms with van der Waals surface area (Å²) in [6.45, 7) is 1.19. The van der Waals surface area contributed by atoms with Gasteiger partial charge >= 0.3 is 0 Å². The molecule has 0 unspecified atom stereocenters. The van der Waals surface area contributed by atoms with Crippen LogP contribution in [0.3, 0.4) is 0 Å². The predicted molar refractivity (Wildman–Crippen MR) is 110 cm³/mol. The van der Waals surface area contributed by atoms with Crippen LogP contribution in [0.25, 0.3) is 0 Å². The molecule has 0 aliphatic carbocycles. The number of rotatable bonds is 8. The summed E-state index contributed by atoms with van der Waals surface area (Å²) in [5.74, 6) is 1.12. The van der Waals surface area contributed by atoms with E-state index in [9.17, 15) is 4.79 Å². The summed E-state index contributed by atoms with van der Waals surface area (Å²) < 4.78 is 5.22. The smallest absolute Gasteiger partial charge is 0.270 e. The molecule has 2 aromatic carbocycles. The van der Waals surface area contributed by atoms with Crippen molar-refractivity contribution in [3.8, 4) is 5.75 Å². The van der Waals surface area contributed by atoms with Crippen LogP contribution >= 0.6 is 0 Å². The van der Waals surface area contributed by atoms with Gasteiger partial charge in [-0.3, -0.25) is 4.79 Å². The van der Waals surface area contributed by atoms with Crippen LogP contribution in [0.5, 0.6) is 5.75 Å². The minimum atomic E-state index is -0.209. The third-order valence-corrected chi connectivity index (χ3v) is 4.31. The van der Waals surface area contributed by atoms with Crippen molar-refractivity contribution in [2.24, 2.45) is 0 Å². The van der Waals surface area contributed by atoms with E-state index >= 15 is 0 Å². The SMILES string of the molecule is COc1cccc(CCNC(=O)c2ccnc(N(C)Cc3ccccc3)n2)c1. The van der Waals surface area contributed by atoms with E-state index in [0.29, 0.717) is 24.7 Å². The Labute approximate surface area is 165 Å². The highest BCUT2D eigenvalue weighted by Crippen LogP contribution is 2.13. The zero-order valence-electron chi connectivity index (χ0n) is 16.1. The lowest BCUT2D eigenvalue weighted by atomic mass is 10.1. The maximum Gasteiger partial charge on any atom is 0.270 e. The largest absolute Gasteiger partial charge is 0.497 e. The molecule has 3 aromatic rings. The molecule has 6 nitrogen and oxygen atoms in total. The maximum atomic E-state index is 12.4. The maximum absolute atomic E-state index is 12.4. The second-order valence-electron chi connectivity index (χ2n) is 6.44. The first-order valence-electron chi connectivity index (χ1n) is 9.15. The minimum Gasteiger partial charge on any atom is -0.497 e. The first-order valence-corrected chi connectivity index (χ1v) is 9.15. The van der Waals surface area contributed by atoms with Crippen LogP contribution in [0, 0.1) is 0 Å². The monoisotopic (exact) mass is 376 g/mol. The van der Waals surface area contributed by atoms with E-state index in [1.165, 1.54) is 0 Å². The van der Waals surface area contributed by atoms with E-state index in [2.05, 4.69) is 15.3 Å². The molecule has 0 aliphatic heterocycles. The van der Waals surface area contributed by atoms with Crippen molar-refractivity contribution in [2.75, 3.05) is 25.6 Å². The molecule has 0 saturated heterocycles. The number of hydrogen-bond acceptors (Lipinski definition) is 5. The number of nitrogens with zero attached hydrogens (tertiary/aromatic N) is 3. The van der Waals surface area contributed by atoms with Crippen molar-refractivity contribution in [3.05, 3.63) is 83.7 Å². The van der Waals surface area contributed by atoms with Gasteiger partial charge in [-0.05, 0) is 35.7 Å². The Bertz CT molecular complexity index is 915. The quantitative estimate of drug-likeness (QED) is 0.654. The molecule has 0 saturated carbocycles. The van der Waals surface area contributed by atoms with E-state index < -0.39 is 0 Å². The molecule has 0 spiro atoms. The van der Waals surface area contributed by atoms with Gasteiger partial charge in [0.1, 0.15) is 11.4 Å². The molecule has 0 aliphatic rings. The van der Waals surface area contributed by atoms with Crippen molar-refractivity contribution >= 4 is 11.9 Å². The number of hydrogen-bond donors (Lipinski definition) is 1. The fourth-order valence-electron chi connectivity index (χ4n) is 2.83. The molecule has 1 heterocycles. The molecule has 0 fully saturated rings. The van der Waals surface area contributed by atoms with Crippen LogP contribution in [0.4, 0.5) is 5.95 Å². The van der Waals surface area contributed by atoms with Gasteiger partial charge in [0.25, 0.3) is 5.91 Å². The van der Waals surface area contributed by atoms with Crippen molar-refractivity contribution in [1.29, 1.82) is 0 Å². The van der Waals surface area contributed by atoms with Gasteiger partial charge in [0.2, 0.25) is 5.95 Å². The van der Waals surface area contributed by atoms with E-state index in [1.54, 1.807) is 19.4 Å². The second-order valence-corrected chi connectivity index (χ2v) is 6.44. The van der Waals surface area contributed by atoms with Crippen molar-refractivity contribution < 1.29 is 9.53 Å². The fourth-order valence-corrected chi connectivity index (χ4v) is 2.83. The number of carbonyl (C=O) groups is 1. The van der Waals surface area contributed by atoms with Crippen LogP contribution in [0.15, 0.2) is 66.9 Å². The van der Waals surface area contributed by atoms with Gasteiger partial charge in [-0.15, -0.1) is 0 Å². The van der Waals surface area contributed by atoms with E-state index in [4.69, 9.17) is 4.74 Å². The number of carbonyl (C=O) groups excluding carboxylic acids is 1. The highest BCUT2D eigenvalue weighted by Gasteiger charge is 2.11. The molecular formula is C22H24N4O2. The standard InChI is InChI=1S/C22H24N4O2/c1-26(16-18-7-4-3-5-8-18)22-24-14-12-20(25-22)21(27)23-13-11-17-9-6-10-19(15-17)28-2/h3-10,12,14-15H,11,13,16H2,1-2H3,(H,23,27). The Hall–Kier alpha value is -3.41. The summed E-state index contributed by atoms with van der Waals surface area (Å²) in [6, 6.07) is 19.5. The fraction of sp³-hybridized carbons (Fsp3) is 0.227. The number of aromatic nitrogens is 2. The summed E-state index contributed by atoms with van der Waals surface area (Å²) in [4.78, 5) is 23.1. The Morgan fingerprint density at radius 1 is 1.07 bits per heavy atom. The molecule has 3 rings (SSSR count). The lowest BCUT2D eigenvalue weighted by molar-refractivity contribution is 0.0949. The van der Waals surface area contributed by atoms with E-state index in [-0.39, 0.29) is 5.91 Å². The Balaban J connectivity index is 1.57. The second kappa shape index (κ2) is 9.50. The van der Waals surface area contributed by atoms with Gasteiger partial charge in [-0.2, -0.15) is 0 Å². The molecule has 144 valence electrons. The van der Waals surface area contributed by atoms with Gasteiger partial charge in [-0.25, -0.2) is 9.97 Å². The minimum absolute atomic E-state index is 0.209. The number of ether oxygens (including phenoxy) is 1. The van der Waals surface area contributed by atoms with Crippen LogP contribution in [0.2, 0.25) is 0 Å². The van der Waals surface area contributed by atoms with E-state index in [1.807, 2.05) is 66.5 Å². The van der Waals surface area contributed by atoms with Crippen LogP contribution in [-0.4, -0.2) is 36.6 Å². The Morgan fingerprint density at radius 2 is 1.86 bits per heavy atom. The third-order valence-electron chi connectivity index (χ3n) is 4.31. The van der Waals surface area contributed by atoms with E-state index in [0.717, 1.165) is 23.3 Å². The normalized spacial score (nSPS) is 10.4. The lowest BCUT2D eigenvalue weighted by Crippen LogP contribution is -2.27. The number of anilines is 1. The van der Waals surface area contributed by atoms with Gasteiger partial charge in [-0.1, -0.05) is 42.5 Å². The lowest BCUT2D eigenvalue weighted by Gasteiger charge is -2.17. The average molecular weight is 376 g/mol. The molecule has 1 N–H and O–H groups in total. The first-order chi connectivity index (χ1) is 13.7. The Kier molecular flexibility index (Phi) is 6.57. The summed E-state index contributed by atoms with van der Waals surface area (Å²) in [5.41, 5.74) is 2.61. The van der Waals surface area contributed by atoms with Crippen molar-refractivity contribution in [1.82, 2.24) is 15.3 Å². The van der Waals surface area contributed by atoms with Gasteiger partial charge < -0.3 is 15.0 Å². The van der Waals surface area contributed by atoms with Gasteiger partial charge in [0.15, 0.2) is 0 Å². The molecule has 28 heavy (non-hydrogen) atoms. The molecule has 0 bridgehead atoms. The molecule has 6 heteroatoms. The summed E-state index contributed by atoms with van der Waals surface area (Å²) in [7, 11) is 3.55. The first kappa shape index (κ1) is 19.4. The summed E-state index contributed by atoms with van der Waals surface area (Å²) >= 11 is 0. The third kappa shape index (κ3) is 5.30. The Morgan fingerprint density at radius 3 is 2.64 bits per heavy atom. The zero-order valence-corrected chi connectivity index (χ0v) is 16.1. The highest BCUT2D eigenvalue weighted by molar-refractivity contribution is 5.92.